The van der Waals surface area contributed by atoms with Gasteiger partial charge >= 0.3 is 5.97 Å². The van der Waals surface area contributed by atoms with Crippen molar-refractivity contribution in [1.29, 1.82) is 0 Å². The number of esters is 1. The second kappa shape index (κ2) is 6.01. The van der Waals surface area contributed by atoms with E-state index in [4.69, 9.17) is 10.5 Å². The molecule has 1 saturated carbocycles. The minimum absolute atomic E-state index is 0.286. The van der Waals surface area contributed by atoms with Crippen LogP contribution in [0.15, 0.2) is 0 Å². The fourth-order valence-electron chi connectivity index (χ4n) is 2.62. The van der Waals surface area contributed by atoms with Gasteiger partial charge in [-0.05, 0) is 19.3 Å². The summed E-state index contributed by atoms with van der Waals surface area (Å²) < 4.78 is 4.85. The normalized spacial score (nSPS) is 18.3. The number of nitrogens with zero attached hydrogens (tertiary/aromatic N) is 1. The smallest absolute Gasteiger partial charge is 0.349 e. The topological polar surface area (TPSA) is 65.2 Å². The summed E-state index contributed by atoms with van der Waals surface area (Å²) >= 11 is 1.43. The summed E-state index contributed by atoms with van der Waals surface area (Å²) in [7, 11) is 1.41. The van der Waals surface area contributed by atoms with Gasteiger partial charge in [-0.1, -0.05) is 32.6 Å². The Balaban J connectivity index is 2.33. The van der Waals surface area contributed by atoms with Gasteiger partial charge in [0.1, 0.15) is 9.88 Å². The van der Waals surface area contributed by atoms with E-state index in [9.17, 15) is 4.79 Å². The van der Waals surface area contributed by atoms with E-state index in [0.717, 1.165) is 49.2 Å². The minimum atomic E-state index is -0.336. The van der Waals surface area contributed by atoms with Crippen LogP contribution in [0.3, 0.4) is 0 Å². The quantitative estimate of drug-likeness (QED) is 0.862. The van der Waals surface area contributed by atoms with E-state index in [1.807, 2.05) is 0 Å². The summed E-state index contributed by atoms with van der Waals surface area (Å²) in [6, 6.07) is 0. The molecule has 0 bridgehead atoms. The van der Waals surface area contributed by atoms with Gasteiger partial charge in [0.05, 0.1) is 18.3 Å². The van der Waals surface area contributed by atoms with E-state index in [1.165, 1.54) is 24.9 Å². The van der Waals surface area contributed by atoms with Crippen LogP contribution in [-0.4, -0.2) is 18.1 Å². The Kier molecular flexibility index (Phi) is 4.58. The summed E-state index contributed by atoms with van der Waals surface area (Å²) in [5.41, 5.74) is 7.01. The first-order valence-corrected chi connectivity index (χ1v) is 7.79. The van der Waals surface area contributed by atoms with E-state index in [-0.39, 0.29) is 11.5 Å². The zero-order valence-electron chi connectivity index (χ0n) is 11.7. The molecule has 2 N–H and O–H groups in total. The monoisotopic (exact) mass is 282 g/mol. The average molecular weight is 282 g/mol. The highest BCUT2D eigenvalue weighted by Crippen LogP contribution is 2.38. The molecule has 1 aliphatic carbocycles. The molecule has 1 aromatic rings. The van der Waals surface area contributed by atoms with Crippen molar-refractivity contribution in [3.63, 3.8) is 0 Å². The summed E-state index contributed by atoms with van der Waals surface area (Å²) in [4.78, 5) is 17.1. The van der Waals surface area contributed by atoms with Gasteiger partial charge in [-0.2, -0.15) is 0 Å². The van der Waals surface area contributed by atoms with Gasteiger partial charge in [0.2, 0.25) is 0 Å². The number of thiazole rings is 1. The van der Waals surface area contributed by atoms with Crippen LogP contribution in [0.4, 0.5) is 0 Å². The molecular formula is C14H22N2O2S. The molecule has 106 valence electrons. The number of ether oxygens (including phenoxy) is 1. The Bertz CT molecular complexity index is 450. The number of aromatic nitrogens is 1. The third-order valence-electron chi connectivity index (χ3n) is 3.73. The molecule has 1 aromatic heterocycles. The van der Waals surface area contributed by atoms with E-state index >= 15 is 0 Å². The maximum Gasteiger partial charge on any atom is 0.349 e. The van der Waals surface area contributed by atoms with Gasteiger partial charge in [-0.25, -0.2) is 9.78 Å². The van der Waals surface area contributed by atoms with Crippen molar-refractivity contribution in [3.8, 4) is 0 Å². The van der Waals surface area contributed by atoms with Crippen LogP contribution in [0.2, 0.25) is 0 Å². The first-order valence-electron chi connectivity index (χ1n) is 6.98. The van der Waals surface area contributed by atoms with Gasteiger partial charge in [-0.3, -0.25) is 0 Å². The molecule has 0 unspecified atom stereocenters. The van der Waals surface area contributed by atoms with Gasteiger partial charge in [0, 0.05) is 0 Å². The number of aryl methyl sites for hydroxylation is 1. The van der Waals surface area contributed by atoms with Crippen molar-refractivity contribution in [2.45, 2.75) is 57.4 Å². The first kappa shape index (κ1) is 14.5. The Hall–Kier alpha value is -0.940. The maximum absolute atomic E-state index is 11.8. The van der Waals surface area contributed by atoms with E-state index in [0.29, 0.717) is 4.88 Å². The van der Waals surface area contributed by atoms with E-state index in [2.05, 4.69) is 11.9 Å². The molecule has 0 amide bonds. The maximum atomic E-state index is 11.8. The van der Waals surface area contributed by atoms with Crippen molar-refractivity contribution >= 4 is 17.3 Å². The van der Waals surface area contributed by atoms with E-state index < -0.39 is 0 Å². The van der Waals surface area contributed by atoms with Crippen LogP contribution in [-0.2, 0) is 16.7 Å². The van der Waals surface area contributed by atoms with Gasteiger partial charge < -0.3 is 10.5 Å². The zero-order valence-corrected chi connectivity index (χ0v) is 12.5. The molecule has 1 heterocycles. The highest BCUT2D eigenvalue weighted by molar-refractivity contribution is 7.13. The molecule has 1 fully saturated rings. The number of methoxy groups -OCH3 is 1. The number of hydrogen-bond donors (Lipinski definition) is 1. The number of nitrogens with two attached hydrogens (primary N) is 1. The molecule has 0 aliphatic heterocycles. The first-order chi connectivity index (χ1) is 9.10. The molecule has 0 atom stereocenters. The van der Waals surface area contributed by atoms with Crippen molar-refractivity contribution in [2.24, 2.45) is 5.73 Å². The van der Waals surface area contributed by atoms with Crippen LogP contribution < -0.4 is 5.73 Å². The van der Waals surface area contributed by atoms with Gasteiger partial charge in [0.25, 0.3) is 0 Å². The third-order valence-corrected chi connectivity index (χ3v) is 5.02. The molecular weight excluding hydrogens is 260 g/mol. The molecule has 4 nitrogen and oxygen atoms in total. The van der Waals surface area contributed by atoms with Crippen molar-refractivity contribution in [3.05, 3.63) is 15.6 Å². The predicted octanol–water partition coefficient (Wildman–Crippen LogP) is 3.00. The number of carbonyl (C=O) groups excluding carboxylic acids is 1. The van der Waals surface area contributed by atoms with Crippen molar-refractivity contribution in [2.75, 3.05) is 7.11 Å². The summed E-state index contributed by atoms with van der Waals surface area (Å²) in [5, 5.41) is 0.913. The number of hydrogen-bond acceptors (Lipinski definition) is 5. The minimum Gasteiger partial charge on any atom is -0.465 e. The Morgan fingerprint density at radius 1 is 1.42 bits per heavy atom. The second-order valence-electron chi connectivity index (χ2n) is 5.25. The molecule has 2 rings (SSSR count). The standard InChI is InChI=1S/C14H22N2O2S/c1-3-7-10-11(12(17)18-2)19-13(16-10)14(15)8-5-4-6-9-14/h3-9,15H2,1-2H3. The zero-order chi connectivity index (χ0) is 13.9. The largest absolute Gasteiger partial charge is 0.465 e. The van der Waals surface area contributed by atoms with Gasteiger partial charge in [-0.15, -0.1) is 11.3 Å². The summed E-state index contributed by atoms with van der Waals surface area (Å²) in [6.07, 6.45) is 7.23. The molecule has 1 aliphatic rings. The summed E-state index contributed by atoms with van der Waals surface area (Å²) in [6.45, 7) is 2.08. The second-order valence-corrected chi connectivity index (χ2v) is 6.25. The Morgan fingerprint density at radius 3 is 2.68 bits per heavy atom. The molecule has 0 saturated heterocycles. The average Bonchev–Trinajstić information content (AvgIpc) is 2.84. The lowest BCUT2D eigenvalue weighted by Gasteiger charge is -2.31. The molecule has 0 spiro atoms. The highest BCUT2D eigenvalue weighted by atomic mass is 32.1. The van der Waals surface area contributed by atoms with Crippen LogP contribution in [0.5, 0.6) is 0 Å². The lowest BCUT2D eigenvalue weighted by atomic mass is 9.83. The number of carbonyl (C=O) groups is 1. The lowest BCUT2D eigenvalue weighted by Crippen LogP contribution is -2.38. The molecule has 0 aromatic carbocycles. The highest BCUT2D eigenvalue weighted by Gasteiger charge is 2.34. The van der Waals surface area contributed by atoms with Crippen molar-refractivity contribution in [1.82, 2.24) is 4.98 Å². The SMILES string of the molecule is CCCc1nc(C2(N)CCCCC2)sc1C(=O)OC. The fraction of sp³-hybridized carbons (Fsp3) is 0.714. The van der Waals surface area contributed by atoms with Crippen LogP contribution >= 0.6 is 11.3 Å². The van der Waals surface area contributed by atoms with Crippen LogP contribution in [0.25, 0.3) is 0 Å². The lowest BCUT2D eigenvalue weighted by molar-refractivity contribution is 0.0605. The third kappa shape index (κ3) is 2.98. The van der Waals surface area contributed by atoms with Crippen LogP contribution in [0, 0.1) is 0 Å². The van der Waals surface area contributed by atoms with Crippen LogP contribution in [0.1, 0.15) is 65.8 Å². The van der Waals surface area contributed by atoms with E-state index in [1.54, 1.807) is 0 Å². The molecule has 19 heavy (non-hydrogen) atoms. The number of rotatable bonds is 4. The predicted molar refractivity (Wildman–Crippen MR) is 76.4 cm³/mol. The van der Waals surface area contributed by atoms with Crippen molar-refractivity contribution < 1.29 is 9.53 Å². The summed E-state index contributed by atoms with van der Waals surface area (Å²) in [5.74, 6) is -0.286. The molecule has 5 heteroatoms. The fourth-order valence-corrected chi connectivity index (χ4v) is 3.81. The van der Waals surface area contributed by atoms with Gasteiger partial charge in [0.15, 0.2) is 0 Å². The Labute approximate surface area is 118 Å². The molecule has 0 radical (unpaired) electrons. The Morgan fingerprint density at radius 2 is 2.11 bits per heavy atom.